The molecule has 21 heavy (non-hydrogen) atoms. The molecule has 0 heterocycles. The smallest absolute Gasteiger partial charge is 0.294 e. The first kappa shape index (κ1) is 17.3. The Bertz CT molecular complexity index is 744. The SMILES string of the molecule is CS(=O)(=O)CCNS(=O)(=O)c1ccc(NN)c([N+](=O)[O-])c1. The Morgan fingerprint density at radius 1 is 1.29 bits per heavy atom. The molecule has 0 spiro atoms. The van der Waals surface area contributed by atoms with Crippen LogP contribution in [-0.4, -0.2) is 40.3 Å². The van der Waals surface area contributed by atoms with E-state index in [1.165, 1.54) is 0 Å². The third-order valence-electron chi connectivity index (χ3n) is 2.40. The Labute approximate surface area is 121 Å². The second kappa shape index (κ2) is 6.34. The molecular weight excluding hydrogens is 324 g/mol. The van der Waals surface area contributed by atoms with E-state index in [9.17, 15) is 26.9 Å². The average Bonchev–Trinajstić information content (AvgIpc) is 2.35. The number of rotatable bonds is 7. The van der Waals surface area contributed by atoms with Gasteiger partial charge in [-0.1, -0.05) is 0 Å². The second-order valence-corrected chi connectivity index (χ2v) is 8.13. The molecule has 0 aromatic heterocycles. The zero-order chi connectivity index (χ0) is 16.3. The van der Waals surface area contributed by atoms with Crippen LogP contribution in [0.1, 0.15) is 0 Å². The Hall–Kier alpha value is -1.76. The standard InChI is InChI=1S/C9H14N4O6S2/c1-20(16,17)5-4-11-21(18,19)7-2-3-8(12-10)9(6-7)13(14)15/h2-3,6,11-12H,4-5,10H2,1H3. The number of sulfonamides is 1. The molecule has 4 N–H and O–H groups in total. The van der Waals surface area contributed by atoms with Crippen molar-refractivity contribution in [1.29, 1.82) is 0 Å². The Balaban J connectivity index is 3.04. The number of nitrogens with zero attached hydrogens (tertiary/aromatic N) is 1. The third kappa shape index (κ3) is 4.93. The highest BCUT2D eigenvalue weighted by molar-refractivity contribution is 7.91. The summed E-state index contributed by atoms with van der Waals surface area (Å²) in [5.74, 6) is 4.71. The highest BCUT2D eigenvalue weighted by Gasteiger charge is 2.21. The summed E-state index contributed by atoms with van der Waals surface area (Å²) >= 11 is 0. The highest BCUT2D eigenvalue weighted by Crippen LogP contribution is 2.26. The summed E-state index contributed by atoms with van der Waals surface area (Å²) < 4.78 is 47.7. The van der Waals surface area contributed by atoms with Crippen LogP contribution >= 0.6 is 0 Å². The maximum Gasteiger partial charge on any atom is 0.294 e. The van der Waals surface area contributed by atoms with E-state index in [0.29, 0.717) is 0 Å². The number of nitro groups is 1. The van der Waals surface area contributed by atoms with Crippen molar-refractivity contribution >= 4 is 31.2 Å². The van der Waals surface area contributed by atoms with Crippen LogP contribution in [0.15, 0.2) is 23.1 Å². The predicted octanol–water partition coefficient (Wildman–Crippen LogP) is -0.797. The highest BCUT2D eigenvalue weighted by atomic mass is 32.2. The fourth-order valence-electron chi connectivity index (χ4n) is 1.40. The van der Waals surface area contributed by atoms with Gasteiger partial charge >= 0.3 is 0 Å². The molecule has 0 fully saturated rings. The van der Waals surface area contributed by atoms with Crippen molar-refractivity contribution in [3.8, 4) is 0 Å². The summed E-state index contributed by atoms with van der Waals surface area (Å²) in [5.41, 5.74) is 1.53. The molecule has 12 heteroatoms. The topological polar surface area (TPSA) is 162 Å². The van der Waals surface area contributed by atoms with Gasteiger partial charge in [0.1, 0.15) is 15.5 Å². The van der Waals surface area contributed by atoms with Gasteiger partial charge < -0.3 is 5.43 Å². The molecule has 1 rings (SSSR count). The van der Waals surface area contributed by atoms with E-state index in [1.807, 2.05) is 0 Å². The van der Waals surface area contributed by atoms with Crippen molar-refractivity contribution in [3.63, 3.8) is 0 Å². The molecular formula is C9H14N4O6S2. The predicted molar refractivity (Wildman–Crippen MR) is 75.8 cm³/mol. The number of anilines is 1. The molecule has 0 aliphatic heterocycles. The molecule has 10 nitrogen and oxygen atoms in total. The van der Waals surface area contributed by atoms with E-state index in [-0.39, 0.29) is 22.9 Å². The van der Waals surface area contributed by atoms with Gasteiger partial charge in [-0.05, 0) is 12.1 Å². The molecule has 0 aliphatic carbocycles. The van der Waals surface area contributed by atoms with E-state index >= 15 is 0 Å². The number of nitro benzene ring substituents is 1. The molecule has 1 aromatic carbocycles. The van der Waals surface area contributed by atoms with Crippen LogP contribution in [0, 0.1) is 10.1 Å². The molecule has 0 saturated carbocycles. The molecule has 0 radical (unpaired) electrons. The van der Waals surface area contributed by atoms with Crippen LogP contribution in [0.5, 0.6) is 0 Å². The molecule has 0 aliphatic rings. The number of hydrogen-bond acceptors (Lipinski definition) is 8. The number of nitrogen functional groups attached to an aromatic ring is 1. The average molecular weight is 338 g/mol. The lowest BCUT2D eigenvalue weighted by Crippen LogP contribution is -2.29. The summed E-state index contributed by atoms with van der Waals surface area (Å²) in [5, 5.41) is 10.8. The Morgan fingerprint density at radius 3 is 2.38 bits per heavy atom. The summed E-state index contributed by atoms with van der Waals surface area (Å²) in [4.78, 5) is 9.67. The maximum absolute atomic E-state index is 11.9. The number of nitrogens with one attached hydrogen (secondary N) is 2. The molecule has 1 aromatic rings. The van der Waals surface area contributed by atoms with Gasteiger partial charge in [0.25, 0.3) is 5.69 Å². The lowest BCUT2D eigenvalue weighted by Gasteiger charge is -2.08. The minimum Gasteiger partial charge on any atom is -0.318 e. The van der Waals surface area contributed by atoms with Gasteiger partial charge in [0.05, 0.1) is 15.6 Å². The lowest BCUT2D eigenvalue weighted by atomic mass is 10.3. The largest absolute Gasteiger partial charge is 0.318 e. The fraction of sp³-hybridized carbons (Fsp3) is 0.333. The van der Waals surface area contributed by atoms with Gasteiger partial charge in [0.15, 0.2) is 0 Å². The summed E-state index contributed by atoms with van der Waals surface area (Å²) in [6.45, 7) is -0.328. The van der Waals surface area contributed by atoms with E-state index < -0.39 is 30.5 Å². The number of sulfone groups is 1. The first-order valence-electron chi connectivity index (χ1n) is 5.49. The van der Waals surface area contributed by atoms with Crippen LogP contribution in [-0.2, 0) is 19.9 Å². The van der Waals surface area contributed by atoms with E-state index in [0.717, 1.165) is 24.5 Å². The normalized spacial score (nSPS) is 12.1. The van der Waals surface area contributed by atoms with Crippen molar-refractivity contribution in [2.45, 2.75) is 4.90 Å². The van der Waals surface area contributed by atoms with Gasteiger partial charge in [0.2, 0.25) is 10.0 Å². The summed E-state index contributed by atoms with van der Waals surface area (Å²) in [6, 6.07) is 3.09. The van der Waals surface area contributed by atoms with Gasteiger partial charge in [-0.15, -0.1) is 0 Å². The molecule has 0 amide bonds. The minimum atomic E-state index is -4.05. The van der Waals surface area contributed by atoms with E-state index in [2.05, 4.69) is 10.1 Å². The monoisotopic (exact) mass is 338 g/mol. The van der Waals surface area contributed by atoms with Crippen LogP contribution in [0.3, 0.4) is 0 Å². The van der Waals surface area contributed by atoms with E-state index in [4.69, 9.17) is 5.84 Å². The Morgan fingerprint density at radius 2 is 1.90 bits per heavy atom. The van der Waals surface area contributed by atoms with Crippen molar-refractivity contribution in [2.24, 2.45) is 5.84 Å². The molecule has 0 atom stereocenters. The van der Waals surface area contributed by atoms with Gasteiger partial charge in [-0.2, -0.15) is 0 Å². The molecule has 0 saturated heterocycles. The Kier molecular flexibility index (Phi) is 5.22. The zero-order valence-electron chi connectivity index (χ0n) is 10.9. The first-order chi connectivity index (χ1) is 9.57. The maximum atomic E-state index is 11.9. The van der Waals surface area contributed by atoms with Gasteiger partial charge in [-0.3, -0.25) is 16.0 Å². The van der Waals surface area contributed by atoms with Crippen LogP contribution in [0.2, 0.25) is 0 Å². The number of hydrogen-bond donors (Lipinski definition) is 3. The fourth-order valence-corrected chi connectivity index (χ4v) is 3.05. The van der Waals surface area contributed by atoms with E-state index in [1.54, 1.807) is 0 Å². The van der Waals surface area contributed by atoms with Gasteiger partial charge in [-0.25, -0.2) is 21.6 Å². The zero-order valence-corrected chi connectivity index (χ0v) is 12.6. The lowest BCUT2D eigenvalue weighted by molar-refractivity contribution is -0.384. The first-order valence-corrected chi connectivity index (χ1v) is 9.03. The summed E-state index contributed by atoms with van der Waals surface area (Å²) in [6.07, 6.45) is 0.966. The van der Waals surface area contributed by atoms with Crippen LogP contribution < -0.4 is 16.0 Å². The van der Waals surface area contributed by atoms with Crippen LogP contribution in [0.25, 0.3) is 0 Å². The van der Waals surface area contributed by atoms with Gasteiger partial charge in [0, 0.05) is 18.9 Å². The molecule has 0 unspecified atom stereocenters. The minimum absolute atomic E-state index is 0.0462. The van der Waals surface area contributed by atoms with Crippen molar-refractivity contribution in [2.75, 3.05) is 24.0 Å². The number of benzene rings is 1. The second-order valence-electron chi connectivity index (χ2n) is 4.11. The van der Waals surface area contributed by atoms with Crippen molar-refractivity contribution in [3.05, 3.63) is 28.3 Å². The quantitative estimate of drug-likeness (QED) is 0.331. The molecule has 118 valence electrons. The third-order valence-corrected chi connectivity index (χ3v) is 4.80. The summed E-state index contributed by atoms with van der Waals surface area (Å²) in [7, 11) is -7.37. The molecule has 0 bridgehead atoms. The van der Waals surface area contributed by atoms with Crippen molar-refractivity contribution in [1.82, 2.24) is 4.72 Å². The number of nitrogens with two attached hydrogens (primary N) is 1. The van der Waals surface area contributed by atoms with Crippen molar-refractivity contribution < 1.29 is 21.8 Å². The van der Waals surface area contributed by atoms with Crippen LogP contribution in [0.4, 0.5) is 11.4 Å². The number of hydrazine groups is 1.